The molecule has 1 amide bonds. The molecule has 7 heteroatoms. The van der Waals surface area contributed by atoms with Crippen LogP contribution in [-0.4, -0.2) is 22.0 Å². The highest BCUT2D eigenvalue weighted by Crippen LogP contribution is 2.30. The highest BCUT2D eigenvalue weighted by molar-refractivity contribution is 7.07. The number of carboxylic acids is 1. The van der Waals surface area contributed by atoms with E-state index in [9.17, 15) is 14.4 Å². The highest BCUT2D eigenvalue weighted by Gasteiger charge is 2.35. The lowest BCUT2D eigenvalue weighted by Gasteiger charge is -2.27. The van der Waals surface area contributed by atoms with Crippen molar-refractivity contribution >= 4 is 23.2 Å². The first-order valence-corrected chi connectivity index (χ1v) is 7.13. The maximum Gasteiger partial charge on any atom is 0.307 e. The number of H-pyrrole nitrogens is 1. The standard InChI is InChI=1S/C12H16N2O4S/c15-10(13-5-7-6-19-12(18)14-7)8-3-1-2-4-9(8)11(16)17/h6,8-9H,1-5H2,(H,13,15)(H,14,18)(H,16,17). The monoisotopic (exact) mass is 284 g/mol. The molecule has 6 nitrogen and oxygen atoms in total. The van der Waals surface area contributed by atoms with Crippen molar-refractivity contribution in [1.82, 2.24) is 10.3 Å². The second-order valence-electron chi connectivity index (χ2n) is 4.73. The van der Waals surface area contributed by atoms with Gasteiger partial charge in [-0.3, -0.25) is 14.4 Å². The quantitative estimate of drug-likeness (QED) is 0.766. The van der Waals surface area contributed by atoms with E-state index in [1.807, 2.05) is 0 Å². The lowest BCUT2D eigenvalue weighted by Crippen LogP contribution is -2.39. The Balaban J connectivity index is 1.94. The SMILES string of the molecule is O=C(O)C1CCCCC1C(=O)NCc1csc(=O)[nH]1. The number of aromatic nitrogens is 1. The molecule has 1 aromatic heterocycles. The number of amides is 1. The molecule has 1 aliphatic rings. The number of nitrogens with one attached hydrogen (secondary N) is 2. The molecule has 3 N–H and O–H groups in total. The van der Waals surface area contributed by atoms with Gasteiger partial charge < -0.3 is 15.4 Å². The number of aliphatic carboxylic acids is 1. The molecule has 1 saturated carbocycles. The van der Waals surface area contributed by atoms with Crippen LogP contribution in [0, 0.1) is 11.8 Å². The smallest absolute Gasteiger partial charge is 0.307 e. The number of hydrogen-bond donors (Lipinski definition) is 3. The summed E-state index contributed by atoms with van der Waals surface area (Å²) in [5.41, 5.74) is 0.644. The van der Waals surface area contributed by atoms with E-state index in [4.69, 9.17) is 5.11 Å². The van der Waals surface area contributed by atoms with Crippen LogP contribution in [0.15, 0.2) is 10.2 Å². The molecular formula is C12H16N2O4S. The molecule has 0 radical (unpaired) electrons. The number of carbonyl (C=O) groups excluding carboxylic acids is 1. The van der Waals surface area contributed by atoms with Gasteiger partial charge in [-0.1, -0.05) is 24.2 Å². The molecule has 104 valence electrons. The molecule has 0 spiro atoms. The van der Waals surface area contributed by atoms with Crippen LogP contribution in [0.2, 0.25) is 0 Å². The van der Waals surface area contributed by atoms with E-state index < -0.39 is 17.8 Å². The fraction of sp³-hybridized carbons (Fsp3) is 0.583. The molecule has 1 aromatic rings. The van der Waals surface area contributed by atoms with Crippen LogP contribution in [0.5, 0.6) is 0 Å². The molecule has 1 fully saturated rings. The van der Waals surface area contributed by atoms with Crippen molar-refractivity contribution in [2.24, 2.45) is 11.8 Å². The first-order valence-electron chi connectivity index (χ1n) is 6.25. The zero-order valence-corrected chi connectivity index (χ0v) is 11.2. The van der Waals surface area contributed by atoms with Gasteiger partial charge >= 0.3 is 10.8 Å². The van der Waals surface area contributed by atoms with Crippen LogP contribution in [0.3, 0.4) is 0 Å². The molecule has 0 saturated heterocycles. The molecule has 1 heterocycles. The van der Waals surface area contributed by atoms with Crippen LogP contribution in [0.4, 0.5) is 0 Å². The van der Waals surface area contributed by atoms with Gasteiger partial charge in [0.15, 0.2) is 0 Å². The second kappa shape index (κ2) is 6.01. The molecular weight excluding hydrogens is 268 g/mol. The third-order valence-corrected chi connectivity index (χ3v) is 4.16. The van der Waals surface area contributed by atoms with Gasteiger partial charge in [0.2, 0.25) is 5.91 Å². The molecule has 0 bridgehead atoms. The largest absolute Gasteiger partial charge is 0.481 e. The van der Waals surface area contributed by atoms with Crippen LogP contribution in [0.25, 0.3) is 0 Å². The van der Waals surface area contributed by atoms with Crippen molar-refractivity contribution in [2.45, 2.75) is 32.2 Å². The van der Waals surface area contributed by atoms with Crippen molar-refractivity contribution in [3.05, 3.63) is 20.7 Å². The number of aromatic amines is 1. The number of carbonyl (C=O) groups is 2. The maximum absolute atomic E-state index is 12.0. The van der Waals surface area contributed by atoms with Crippen molar-refractivity contribution < 1.29 is 14.7 Å². The average Bonchev–Trinajstić information content (AvgIpc) is 2.81. The van der Waals surface area contributed by atoms with Gasteiger partial charge in [-0.05, 0) is 12.8 Å². The summed E-state index contributed by atoms with van der Waals surface area (Å²) in [5.74, 6) is -2.19. The lowest BCUT2D eigenvalue weighted by atomic mass is 9.79. The summed E-state index contributed by atoms with van der Waals surface area (Å²) in [6.07, 6.45) is 2.92. The molecule has 2 unspecified atom stereocenters. The summed E-state index contributed by atoms with van der Waals surface area (Å²) in [6, 6.07) is 0. The van der Waals surface area contributed by atoms with E-state index in [0.29, 0.717) is 18.5 Å². The van der Waals surface area contributed by atoms with Crippen molar-refractivity contribution in [3.63, 3.8) is 0 Å². The Kier molecular flexibility index (Phi) is 4.36. The van der Waals surface area contributed by atoms with E-state index >= 15 is 0 Å². The van der Waals surface area contributed by atoms with Crippen LogP contribution in [0.1, 0.15) is 31.4 Å². The Morgan fingerprint density at radius 1 is 1.37 bits per heavy atom. The van der Waals surface area contributed by atoms with Gasteiger partial charge in [0, 0.05) is 11.1 Å². The Labute approximate surface area is 113 Å². The average molecular weight is 284 g/mol. The minimum atomic E-state index is -0.899. The minimum Gasteiger partial charge on any atom is -0.481 e. The molecule has 0 aliphatic heterocycles. The lowest BCUT2D eigenvalue weighted by molar-refractivity contribution is -0.148. The van der Waals surface area contributed by atoms with E-state index in [1.54, 1.807) is 5.38 Å². The third-order valence-electron chi connectivity index (χ3n) is 3.44. The summed E-state index contributed by atoms with van der Waals surface area (Å²) < 4.78 is 0. The summed E-state index contributed by atoms with van der Waals surface area (Å²) in [4.78, 5) is 36.5. The van der Waals surface area contributed by atoms with Gasteiger partial charge in [0.1, 0.15) is 0 Å². The predicted molar refractivity (Wildman–Crippen MR) is 69.9 cm³/mol. The summed E-state index contributed by atoms with van der Waals surface area (Å²) >= 11 is 1.04. The van der Waals surface area contributed by atoms with Crippen LogP contribution >= 0.6 is 11.3 Å². The van der Waals surface area contributed by atoms with E-state index in [2.05, 4.69) is 10.3 Å². The molecule has 2 rings (SSSR count). The fourth-order valence-electron chi connectivity index (χ4n) is 2.45. The first kappa shape index (κ1) is 13.8. The van der Waals surface area contributed by atoms with Gasteiger partial charge in [-0.15, -0.1) is 0 Å². The van der Waals surface area contributed by atoms with E-state index in [1.165, 1.54) is 0 Å². The zero-order valence-electron chi connectivity index (χ0n) is 10.3. The Hall–Kier alpha value is -1.63. The minimum absolute atomic E-state index is 0.162. The number of rotatable bonds is 4. The second-order valence-corrected chi connectivity index (χ2v) is 5.57. The molecule has 2 atom stereocenters. The Bertz CT molecular complexity index is 522. The summed E-state index contributed by atoms with van der Waals surface area (Å²) in [5, 5.41) is 13.5. The third kappa shape index (κ3) is 3.44. The van der Waals surface area contributed by atoms with Crippen molar-refractivity contribution in [2.75, 3.05) is 0 Å². The zero-order chi connectivity index (χ0) is 13.8. The normalized spacial score (nSPS) is 22.9. The first-order chi connectivity index (χ1) is 9.08. The maximum atomic E-state index is 12.0. The van der Waals surface area contributed by atoms with Crippen LogP contribution < -0.4 is 10.2 Å². The van der Waals surface area contributed by atoms with Gasteiger partial charge in [0.05, 0.1) is 18.4 Å². The van der Waals surface area contributed by atoms with Crippen molar-refractivity contribution in [1.29, 1.82) is 0 Å². The number of carboxylic acid groups (broad SMARTS) is 1. The van der Waals surface area contributed by atoms with Gasteiger partial charge in [-0.25, -0.2) is 0 Å². The molecule has 0 aromatic carbocycles. The van der Waals surface area contributed by atoms with E-state index in [0.717, 1.165) is 24.2 Å². The highest BCUT2D eigenvalue weighted by atomic mass is 32.1. The Morgan fingerprint density at radius 2 is 2.05 bits per heavy atom. The van der Waals surface area contributed by atoms with Gasteiger partial charge in [0.25, 0.3) is 0 Å². The van der Waals surface area contributed by atoms with Gasteiger partial charge in [-0.2, -0.15) is 0 Å². The molecule has 1 aliphatic carbocycles. The topological polar surface area (TPSA) is 99.3 Å². The van der Waals surface area contributed by atoms with E-state index in [-0.39, 0.29) is 17.3 Å². The molecule has 19 heavy (non-hydrogen) atoms. The van der Waals surface area contributed by atoms with Crippen molar-refractivity contribution in [3.8, 4) is 0 Å². The number of hydrogen-bond acceptors (Lipinski definition) is 4. The number of thiazole rings is 1. The fourth-order valence-corrected chi connectivity index (χ4v) is 3.04. The predicted octanol–water partition coefficient (Wildman–Crippen LogP) is 0.944. The Morgan fingerprint density at radius 3 is 2.63 bits per heavy atom. The summed E-state index contributed by atoms with van der Waals surface area (Å²) in [6.45, 7) is 0.237. The van der Waals surface area contributed by atoms with Crippen LogP contribution in [-0.2, 0) is 16.1 Å². The summed E-state index contributed by atoms with van der Waals surface area (Å²) in [7, 11) is 0.